The van der Waals surface area contributed by atoms with Crippen LogP contribution in [0, 0.1) is 5.92 Å². The van der Waals surface area contributed by atoms with E-state index in [1.165, 1.54) is 0 Å². The molecule has 0 bridgehead atoms. The average molecular weight is 263 g/mol. The van der Waals surface area contributed by atoms with E-state index in [4.69, 9.17) is 10.8 Å². The Hall–Kier alpha value is -2.24. The van der Waals surface area contributed by atoms with Gasteiger partial charge in [0.25, 0.3) is 0 Å². The van der Waals surface area contributed by atoms with Crippen molar-refractivity contribution in [1.82, 2.24) is 5.32 Å². The number of nitrogens with two attached hydrogens (primary N) is 1. The first-order valence-corrected chi connectivity index (χ1v) is 6.23. The molecule has 1 aromatic rings. The molecule has 1 aliphatic rings. The van der Waals surface area contributed by atoms with Gasteiger partial charge in [-0.3, -0.25) is 4.79 Å². The molecule has 1 aromatic carbocycles. The van der Waals surface area contributed by atoms with Crippen LogP contribution in [0.1, 0.15) is 19.3 Å². The van der Waals surface area contributed by atoms with E-state index in [1.807, 2.05) is 0 Å². The molecule has 1 fully saturated rings. The van der Waals surface area contributed by atoms with E-state index < -0.39 is 17.9 Å². The summed E-state index contributed by atoms with van der Waals surface area (Å²) >= 11 is 0. The van der Waals surface area contributed by atoms with Crippen molar-refractivity contribution in [3.63, 3.8) is 0 Å². The van der Waals surface area contributed by atoms with E-state index in [0.29, 0.717) is 24.2 Å². The normalized spacial score (nSPS) is 21.9. The van der Waals surface area contributed by atoms with Crippen LogP contribution in [0.15, 0.2) is 24.3 Å². The van der Waals surface area contributed by atoms with E-state index in [9.17, 15) is 9.59 Å². The highest BCUT2D eigenvalue weighted by molar-refractivity contribution is 5.93. The van der Waals surface area contributed by atoms with Crippen LogP contribution in [0.25, 0.3) is 0 Å². The zero-order valence-electron chi connectivity index (χ0n) is 10.4. The van der Waals surface area contributed by atoms with E-state index >= 15 is 0 Å². The first-order valence-electron chi connectivity index (χ1n) is 6.23. The second kappa shape index (κ2) is 5.60. The molecular formula is C13H17N3O3. The first-order chi connectivity index (χ1) is 9.08. The summed E-state index contributed by atoms with van der Waals surface area (Å²) in [5.74, 6) is -1.36. The van der Waals surface area contributed by atoms with Gasteiger partial charge in [0.15, 0.2) is 0 Å². The highest BCUT2D eigenvalue weighted by Gasteiger charge is 2.33. The Kier molecular flexibility index (Phi) is 3.89. The Morgan fingerprint density at radius 2 is 2.00 bits per heavy atom. The maximum Gasteiger partial charge on any atom is 0.319 e. The summed E-state index contributed by atoms with van der Waals surface area (Å²) in [6.07, 6.45) is 2.11. The molecule has 2 rings (SSSR count). The van der Waals surface area contributed by atoms with Crippen molar-refractivity contribution in [2.75, 3.05) is 11.1 Å². The number of nitrogens with one attached hydrogen (secondary N) is 2. The van der Waals surface area contributed by atoms with E-state index in [1.54, 1.807) is 24.3 Å². The molecule has 0 aliphatic heterocycles. The van der Waals surface area contributed by atoms with E-state index in [0.717, 1.165) is 6.42 Å². The zero-order chi connectivity index (χ0) is 13.8. The monoisotopic (exact) mass is 263 g/mol. The summed E-state index contributed by atoms with van der Waals surface area (Å²) < 4.78 is 0. The minimum Gasteiger partial charge on any atom is -0.481 e. The molecule has 102 valence electrons. The predicted molar refractivity (Wildman–Crippen MR) is 71.8 cm³/mol. The van der Waals surface area contributed by atoms with Crippen molar-refractivity contribution >= 4 is 23.4 Å². The summed E-state index contributed by atoms with van der Waals surface area (Å²) in [4.78, 5) is 22.8. The number of benzene rings is 1. The van der Waals surface area contributed by atoms with Gasteiger partial charge in [0.2, 0.25) is 0 Å². The molecule has 1 aliphatic carbocycles. The van der Waals surface area contributed by atoms with Crippen LogP contribution in [0.3, 0.4) is 0 Å². The van der Waals surface area contributed by atoms with E-state index in [2.05, 4.69) is 10.6 Å². The summed E-state index contributed by atoms with van der Waals surface area (Å²) in [7, 11) is 0. The fourth-order valence-electron chi connectivity index (χ4n) is 2.37. The summed E-state index contributed by atoms with van der Waals surface area (Å²) in [5.41, 5.74) is 6.71. The molecule has 6 heteroatoms. The smallest absolute Gasteiger partial charge is 0.319 e. The number of anilines is 2. The third-order valence-electron chi connectivity index (χ3n) is 3.36. The van der Waals surface area contributed by atoms with Crippen LogP contribution < -0.4 is 16.4 Å². The van der Waals surface area contributed by atoms with Gasteiger partial charge < -0.3 is 21.5 Å². The molecule has 0 saturated heterocycles. The summed E-state index contributed by atoms with van der Waals surface area (Å²) in [5, 5.41) is 14.4. The molecule has 2 atom stereocenters. The molecule has 19 heavy (non-hydrogen) atoms. The highest BCUT2D eigenvalue weighted by Crippen LogP contribution is 2.26. The number of urea groups is 1. The van der Waals surface area contributed by atoms with Gasteiger partial charge in [-0.25, -0.2) is 4.79 Å². The van der Waals surface area contributed by atoms with Crippen LogP contribution in [0.5, 0.6) is 0 Å². The molecule has 0 heterocycles. The van der Waals surface area contributed by atoms with Crippen LogP contribution in [-0.2, 0) is 4.79 Å². The number of para-hydroxylation sites is 2. The molecule has 0 aromatic heterocycles. The van der Waals surface area contributed by atoms with Crippen LogP contribution >= 0.6 is 0 Å². The average Bonchev–Trinajstić information content (AvgIpc) is 2.80. The van der Waals surface area contributed by atoms with Crippen LogP contribution in [-0.4, -0.2) is 23.1 Å². The Balaban J connectivity index is 1.95. The van der Waals surface area contributed by atoms with Gasteiger partial charge in [0, 0.05) is 6.04 Å². The molecule has 2 unspecified atom stereocenters. The summed E-state index contributed by atoms with van der Waals surface area (Å²) in [6.45, 7) is 0. The van der Waals surface area contributed by atoms with Crippen LogP contribution in [0.2, 0.25) is 0 Å². The van der Waals surface area contributed by atoms with Gasteiger partial charge in [-0.05, 0) is 25.0 Å². The maximum atomic E-state index is 11.8. The Morgan fingerprint density at radius 1 is 1.26 bits per heavy atom. The molecule has 5 N–H and O–H groups in total. The molecule has 0 radical (unpaired) electrons. The number of aliphatic carboxylic acids is 1. The van der Waals surface area contributed by atoms with Crippen molar-refractivity contribution < 1.29 is 14.7 Å². The van der Waals surface area contributed by atoms with Gasteiger partial charge in [-0.2, -0.15) is 0 Å². The zero-order valence-corrected chi connectivity index (χ0v) is 10.4. The second-order valence-electron chi connectivity index (χ2n) is 4.67. The molecule has 1 saturated carbocycles. The van der Waals surface area contributed by atoms with E-state index in [-0.39, 0.29) is 6.04 Å². The Bertz CT molecular complexity index is 490. The van der Waals surface area contributed by atoms with Gasteiger partial charge >= 0.3 is 12.0 Å². The number of carboxylic acids is 1. The lowest BCUT2D eigenvalue weighted by Gasteiger charge is -2.18. The number of amides is 2. The fourth-order valence-corrected chi connectivity index (χ4v) is 2.37. The minimum atomic E-state index is -0.859. The summed E-state index contributed by atoms with van der Waals surface area (Å²) in [6, 6.07) is 6.18. The lowest BCUT2D eigenvalue weighted by Crippen LogP contribution is -2.42. The maximum absolute atomic E-state index is 11.8. The topological polar surface area (TPSA) is 104 Å². The quantitative estimate of drug-likeness (QED) is 0.622. The lowest BCUT2D eigenvalue weighted by atomic mass is 10.0. The third kappa shape index (κ3) is 3.15. The highest BCUT2D eigenvalue weighted by atomic mass is 16.4. The largest absolute Gasteiger partial charge is 0.481 e. The fraction of sp³-hybridized carbons (Fsp3) is 0.385. The SMILES string of the molecule is Nc1ccccc1NC(=O)NC1CCCC1C(=O)O. The van der Waals surface area contributed by atoms with Gasteiger partial charge in [0.1, 0.15) is 0 Å². The van der Waals surface area contributed by atoms with Crippen molar-refractivity contribution in [2.24, 2.45) is 5.92 Å². The van der Waals surface area contributed by atoms with Gasteiger partial charge in [-0.1, -0.05) is 18.6 Å². The van der Waals surface area contributed by atoms with Crippen molar-refractivity contribution in [3.8, 4) is 0 Å². The number of carboxylic acid groups (broad SMARTS) is 1. The van der Waals surface area contributed by atoms with Crippen molar-refractivity contribution in [2.45, 2.75) is 25.3 Å². The second-order valence-corrected chi connectivity index (χ2v) is 4.67. The Labute approximate surface area is 111 Å². The number of carbonyl (C=O) groups excluding carboxylic acids is 1. The number of hydrogen-bond acceptors (Lipinski definition) is 3. The predicted octanol–water partition coefficient (Wildman–Crippen LogP) is 1.64. The number of nitrogen functional groups attached to an aromatic ring is 1. The lowest BCUT2D eigenvalue weighted by molar-refractivity contribution is -0.142. The number of carbonyl (C=O) groups is 2. The molecule has 0 spiro atoms. The van der Waals surface area contributed by atoms with Crippen molar-refractivity contribution in [3.05, 3.63) is 24.3 Å². The molecule has 2 amide bonds. The first kappa shape index (κ1) is 13.2. The standard InChI is InChI=1S/C13H17N3O3/c14-9-5-1-2-6-11(9)16-13(19)15-10-7-3-4-8(10)12(17)18/h1-2,5-6,8,10H,3-4,7,14H2,(H,17,18)(H2,15,16,19). The van der Waals surface area contributed by atoms with Gasteiger partial charge in [0.05, 0.1) is 17.3 Å². The Morgan fingerprint density at radius 3 is 2.68 bits per heavy atom. The number of hydrogen-bond donors (Lipinski definition) is 4. The van der Waals surface area contributed by atoms with Crippen LogP contribution in [0.4, 0.5) is 16.2 Å². The molecule has 6 nitrogen and oxygen atoms in total. The van der Waals surface area contributed by atoms with Crippen molar-refractivity contribution in [1.29, 1.82) is 0 Å². The van der Waals surface area contributed by atoms with Gasteiger partial charge in [-0.15, -0.1) is 0 Å². The minimum absolute atomic E-state index is 0.317. The third-order valence-corrected chi connectivity index (χ3v) is 3.36. The molecular weight excluding hydrogens is 246 g/mol. The number of rotatable bonds is 3.